The normalized spacial score (nSPS) is 14.6. The van der Waals surface area contributed by atoms with Crippen LogP contribution in [0.2, 0.25) is 0 Å². The van der Waals surface area contributed by atoms with E-state index >= 15 is 0 Å². The maximum Gasteiger partial charge on any atom is 0.322 e. The molecule has 1 aromatic carbocycles. The van der Waals surface area contributed by atoms with Gasteiger partial charge in [0.2, 0.25) is 0 Å². The van der Waals surface area contributed by atoms with Gasteiger partial charge < -0.3 is 10.4 Å². The summed E-state index contributed by atoms with van der Waals surface area (Å²) in [5.41, 5.74) is 2.95. The van der Waals surface area contributed by atoms with Crippen molar-refractivity contribution in [3.8, 4) is 0 Å². The van der Waals surface area contributed by atoms with Crippen molar-refractivity contribution in [3.63, 3.8) is 0 Å². The average molecular weight is 481 g/mol. The fourth-order valence-corrected chi connectivity index (χ4v) is 5.37. The first kappa shape index (κ1) is 23.8. The van der Waals surface area contributed by atoms with Crippen LogP contribution in [-0.2, 0) is 33.3 Å². The van der Waals surface area contributed by atoms with Crippen molar-refractivity contribution >= 4 is 21.8 Å². The van der Waals surface area contributed by atoms with Gasteiger partial charge in [-0.15, -0.1) is 0 Å². The van der Waals surface area contributed by atoms with Crippen LogP contribution in [0.15, 0.2) is 71.9 Å². The number of carboxylic acids is 1. The number of pyridine rings is 2. The third kappa shape index (κ3) is 5.43. The lowest BCUT2D eigenvalue weighted by Gasteiger charge is -2.22. The molecule has 0 atom stereocenters. The molecule has 0 unspecified atom stereocenters. The van der Waals surface area contributed by atoms with Crippen LogP contribution in [0.25, 0.3) is 0 Å². The van der Waals surface area contributed by atoms with Gasteiger partial charge >= 0.3 is 5.97 Å². The molecule has 0 spiro atoms. The molecule has 4 rings (SSSR count). The van der Waals surface area contributed by atoms with Gasteiger partial charge in [0.1, 0.15) is 12.4 Å². The van der Waals surface area contributed by atoms with Gasteiger partial charge in [-0.2, -0.15) is 4.31 Å². The summed E-state index contributed by atoms with van der Waals surface area (Å²) in [7, 11) is -3.90. The summed E-state index contributed by atoms with van der Waals surface area (Å²) in [6, 6.07) is 18.0. The predicted octanol–water partition coefficient (Wildman–Crippen LogP) is 3.81. The predicted molar refractivity (Wildman–Crippen MR) is 129 cm³/mol. The minimum atomic E-state index is -3.90. The Bertz CT molecular complexity index is 1240. The molecule has 2 aromatic heterocycles. The molecule has 0 bridgehead atoms. The van der Waals surface area contributed by atoms with Gasteiger partial charge in [-0.3, -0.25) is 4.79 Å². The van der Waals surface area contributed by atoms with Gasteiger partial charge in [0.15, 0.2) is 5.03 Å². The van der Waals surface area contributed by atoms with E-state index < -0.39 is 16.0 Å². The number of aliphatic carboxylic acids is 1. The van der Waals surface area contributed by atoms with E-state index in [-0.39, 0.29) is 30.1 Å². The van der Waals surface area contributed by atoms with Gasteiger partial charge in [0, 0.05) is 12.7 Å². The monoisotopic (exact) mass is 480 g/mol. The summed E-state index contributed by atoms with van der Waals surface area (Å²) in [5, 5.41) is 11.6. The van der Waals surface area contributed by atoms with Gasteiger partial charge in [-0.25, -0.2) is 18.4 Å². The molecular formula is C25H28N4O4S. The Morgan fingerprint density at radius 2 is 1.82 bits per heavy atom. The standard InChI is InChI=1S/C25H28N4O4S/c1-2-25(13-14-25)20-11-9-19(10-12-20)17-29(34(32,33)23-8-3-4-15-26-23)18-21-6-5-7-22(28-21)27-16-24(30)31/h3-12,15H,2,13-14,16-18H2,1H3,(H,27,28)(H,30,31). The van der Waals surface area contributed by atoms with Gasteiger partial charge in [0.25, 0.3) is 10.0 Å². The number of rotatable bonds is 11. The Morgan fingerprint density at radius 3 is 2.44 bits per heavy atom. The summed E-state index contributed by atoms with van der Waals surface area (Å²) in [6.07, 6.45) is 4.95. The number of nitrogens with one attached hydrogen (secondary N) is 1. The van der Waals surface area contributed by atoms with Crippen LogP contribution in [0, 0.1) is 0 Å². The number of hydrogen-bond acceptors (Lipinski definition) is 6. The first-order valence-corrected chi connectivity index (χ1v) is 12.7. The van der Waals surface area contributed by atoms with Crippen LogP contribution in [-0.4, -0.2) is 40.3 Å². The molecule has 9 heteroatoms. The van der Waals surface area contributed by atoms with Crippen LogP contribution in [0.4, 0.5) is 5.82 Å². The third-order valence-corrected chi connectivity index (χ3v) is 7.97. The van der Waals surface area contributed by atoms with E-state index in [1.165, 1.54) is 35.0 Å². The molecule has 1 aliphatic rings. The molecule has 8 nitrogen and oxygen atoms in total. The van der Waals surface area contributed by atoms with Crippen molar-refractivity contribution in [2.24, 2.45) is 0 Å². The van der Waals surface area contributed by atoms with E-state index in [4.69, 9.17) is 5.11 Å². The Morgan fingerprint density at radius 1 is 1.06 bits per heavy atom. The van der Waals surface area contributed by atoms with Crippen molar-refractivity contribution in [2.75, 3.05) is 11.9 Å². The lowest BCUT2D eigenvalue weighted by atomic mass is 9.92. The van der Waals surface area contributed by atoms with E-state index in [0.29, 0.717) is 11.5 Å². The summed E-state index contributed by atoms with van der Waals surface area (Å²) >= 11 is 0. The van der Waals surface area contributed by atoms with Crippen LogP contribution >= 0.6 is 0 Å². The van der Waals surface area contributed by atoms with Crippen LogP contribution in [0.3, 0.4) is 0 Å². The molecule has 0 amide bonds. The second-order valence-corrected chi connectivity index (χ2v) is 10.4. The molecule has 2 heterocycles. The summed E-state index contributed by atoms with van der Waals surface area (Å²) in [5.74, 6) is -0.639. The first-order chi connectivity index (χ1) is 16.3. The number of hydrogen-bond donors (Lipinski definition) is 2. The molecule has 0 saturated heterocycles. The molecule has 1 aliphatic carbocycles. The lowest BCUT2D eigenvalue weighted by molar-refractivity contribution is -0.134. The number of anilines is 1. The highest BCUT2D eigenvalue weighted by Crippen LogP contribution is 2.50. The number of nitrogens with zero attached hydrogens (tertiary/aromatic N) is 3. The van der Waals surface area contributed by atoms with Gasteiger partial charge in [-0.1, -0.05) is 43.3 Å². The van der Waals surface area contributed by atoms with Crippen LogP contribution in [0.5, 0.6) is 0 Å². The zero-order valence-corrected chi connectivity index (χ0v) is 19.8. The molecule has 0 radical (unpaired) electrons. The fourth-order valence-electron chi connectivity index (χ4n) is 4.04. The van der Waals surface area contributed by atoms with Crippen molar-refractivity contribution < 1.29 is 18.3 Å². The van der Waals surface area contributed by atoms with E-state index in [0.717, 1.165) is 12.0 Å². The second-order valence-electron chi connectivity index (χ2n) is 8.53. The highest BCUT2D eigenvalue weighted by molar-refractivity contribution is 7.89. The van der Waals surface area contributed by atoms with Crippen LogP contribution in [0.1, 0.15) is 43.0 Å². The SMILES string of the molecule is CCC1(c2ccc(CN(Cc3cccc(NCC(=O)O)n3)S(=O)(=O)c3ccccn3)cc2)CC1. The minimum Gasteiger partial charge on any atom is -0.480 e. The molecular weight excluding hydrogens is 452 g/mol. The largest absolute Gasteiger partial charge is 0.480 e. The maximum absolute atomic E-state index is 13.5. The van der Waals surface area contributed by atoms with E-state index in [1.54, 1.807) is 30.3 Å². The fraction of sp³-hybridized carbons (Fsp3) is 0.320. The molecule has 0 aliphatic heterocycles. The smallest absolute Gasteiger partial charge is 0.322 e. The van der Waals surface area contributed by atoms with E-state index in [2.05, 4.69) is 34.3 Å². The van der Waals surface area contributed by atoms with Crippen molar-refractivity contribution in [3.05, 3.63) is 83.7 Å². The molecule has 3 aromatic rings. The Hall–Kier alpha value is -3.30. The number of sulfonamides is 1. The Kier molecular flexibility index (Phi) is 6.95. The summed E-state index contributed by atoms with van der Waals surface area (Å²) in [6.45, 7) is 2.10. The molecule has 1 saturated carbocycles. The highest BCUT2D eigenvalue weighted by Gasteiger charge is 2.42. The quantitative estimate of drug-likeness (QED) is 0.429. The number of benzene rings is 1. The zero-order valence-electron chi connectivity index (χ0n) is 19.0. The maximum atomic E-state index is 13.5. The summed E-state index contributed by atoms with van der Waals surface area (Å²) in [4.78, 5) is 19.3. The van der Waals surface area contributed by atoms with Crippen molar-refractivity contribution in [1.29, 1.82) is 0 Å². The van der Waals surface area contributed by atoms with Crippen LogP contribution < -0.4 is 5.32 Å². The Labute approximate surface area is 199 Å². The molecule has 2 N–H and O–H groups in total. The zero-order chi connectivity index (χ0) is 24.2. The number of carbonyl (C=O) groups is 1. The van der Waals surface area contributed by atoms with E-state index in [9.17, 15) is 13.2 Å². The average Bonchev–Trinajstić information content (AvgIpc) is 3.65. The second kappa shape index (κ2) is 9.90. The summed E-state index contributed by atoms with van der Waals surface area (Å²) < 4.78 is 28.3. The lowest BCUT2D eigenvalue weighted by Crippen LogP contribution is -2.31. The number of aromatic nitrogens is 2. The van der Waals surface area contributed by atoms with Crippen molar-refractivity contribution in [2.45, 2.75) is 49.7 Å². The minimum absolute atomic E-state index is 0.0160. The van der Waals surface area contributed by atoms with Gasteiger partial charge in [0.05, 0.1) is 12.2 Å². The van der Waals surface area contributed by atoms with Crippen molar-refractivity contribution in [1.82, 2.24) is 14.3 Å². The van der Waals surface area contributed by atoms with E-state index in [1.807, 2.05) is 12.1 Å². The molecule has 1 fully saturated rings. The number of carboxylic acid groups (broad SMARTS) is 1. The topological polar surface area (TPSA) is 112 Å². The first-order valence-electron chi connectivity index (χ1n) is 11.2. The van der Waals surface area contributed by atoms with Gasteiger partial charge in [-0.05, 0) is 60.1 Å². The Balaban J connectivity index is 1.60. The molecule has 178 valence electrons. The third-order valence-electron chi connectivity index (χ3n) is 6.26. The highest BCUT2D eigenvalue weighted by atomic mass is 32.2. The molecule has 34 heavy (non-hydrogen) atoms.